The molecule has 1 aromatic heterocycles. The molecule has 0 spiro atoms. The lowest BCUT2D eigenvalue weighted by Crippen LogP contribution is -2.42. The van der Waals surface area contributed by atoms with Crippen LogP contribution in [0.2, 0.25) is 0 Å². The van der Waals surface area contributed by atoms with E-state index in [1.165, 1.54) is 39.6 Å². The summed E-state index contributed by atoms with van der Waals surface area (Å²) in [4.78, 5) is 13.5. The van der Waals surface area contributed by atoms with Crippen molar-refractivity contribution in [2.24, 2.45) is 0 Å². The van der Waals surface area contributed by atoms with Gasteiger partial charge in [-0.15, -0.1) is 0 Å². The van der Waals surface area contributed by atoms with E-state index < -0.39 is 5.97 Å². The highest BCUT2D eigenvalue weighted by atomic mass is 16.4. The van der Waals surface area contributed by atoms with Crippen LogP contribution in [0.1, 0.15) is 67.5 Å². The number of aromatic nitrogens is 2. The number of hydrogen-bond acceptors (Lipinski definition) is 3. The number of fused-ring (bicyclic) bond motifs is 1. The van der Waals surface area contributed by atoms with Crippen LogP contribution in [-0.4, -0.2) is 26.9 Å². The lowest BCUT2D eigenvalue weighted by molar-refractivity contribution is -0.131. The maximum atomic E-state index is 11.0. The van der Waals surface area contributed by atoms with Crippen molar-refractivity contribution in [2.75, 3.05) is 4.90 Å². The second kappa shape index (κ2) is 10.7. The number of aryl methyl sites for hydroxylation is 1. The van der Waals surface area contributed by atoms with Crippen molar-refractivity contribution in [2.45, 2.75) is 58.7 Å². The van der Waals surface area contributed by atoms with Crippen LogP contribution in [-0.2, 0) is 17.8 Å². The van der Waals surface area contributed by atoms with Gasteiger partial charge in [0.05, 0.1) is 12.2 Å². The minimum Gasteiger partial charge on any atom is -0.478 e. The van der Waals surface area contributed by atoms with E-state index in [1.54, 1.807) is 6.08 Å². The van der Waals surface area contributed by atoms with Gasteiger partial charge < -0.3 is 10.0 Å². The normalized spacial score (nSPS) is 17.2. The molecule has 38 heavy (non-hydrogen) atoms. The summed E-state index contributed by atoms with van der Waals surface area (Å²) in [5.74, 6) is -0.457. The third-order valence-electron chi connectivity index (χ3n) is 7.52. The van der Waals surface area contributed by atoms with Gasteiger partial charge in [-0.2, -0.15) is 5.10 Å². The number of nitrogens with zero attached hydrogens (tertiary/aromatic N) is 3. The second-order valence-corrected chi connectivity index (χ2v) is 10.4. The molecule has 5 rings (SSSR count). The first-order valence-corrected chi connectivity index (χ1v) is 13.4. The molecule has 0 amide bonds. The first-order chi connectivity index (χ1) is 18.3. The van der Waals surface area contributed by atoms with Gasteiger partial charge >= 0.3 is 5.97 Å². The molecule has 0 aliphatic carbocycles. The minimum absolute atomic E-state index is 0.0450. The van der Waals surface area contributed by atoms with Gasteiger partial charge in [-0.25, -0.2) is 4.79 Å². The van der Waals surface area contributed by atoms with Crippen LogP contribution in [0.25, 0.3) is 17.2 Å². The highest BCUT2D eigenvalue weighted by Crippen LogP contribution is 2.42. The van der Waals surface area contributed by atoms with Crippen molar-refractivity contribution in [1.82, 2.24) is 9.78 Å². The van der Waals surface area contributed by atoms with E-state index in [4.69, 9.17) is 5.11 Å². The Hall–Kier alpha value is -4.12. The van der Waals surface area contributed by atoms with Crippen LogP contribution < -0.4 is 4.90 Å². The molecule has 0 unspecified atom stereocenters. The first kappa shape index (κ1) is 25.5. The number of benzene rings is 3. The van der Waals surface area contributed by atoms with E-state index in [0.29, 0.717) is 5.92 Å². The molecule has 2 atom stereocenters. The molecule has 0 saturated carbocycles. The average Bonchev–Trinajstić information content (AvgIpc) is 3.41. The summed E-state index contributed by atoms with van der Waals surface area (Å²) in [6.07, 6.45) is 7.82. The van der Waals surface area contributed by atoms with Crippen LogP contribution in [0.4, 0.5) is 5.69 Å². The van der Waals surface area contributed by atoms with Crippen LogP contribution in [0.3, 0.4) is 0 Å². The summed E-state index contributed by atoms with van der Waals surface area (Å²) in [5, 5.41) is 13.5. The number of carboxylic acid groups (broad SMARTS) is 1. The van der Waals surface area contributed by atoms with Crippen molar-refractivity contribution in [3.8, 4) is 11.1 Å². The topological polar surface area (TPSA) is 58.4 Å². The Balaban J connectivity index is 1.59. The number of aliphatic carboxylic acids is 1. The van der Waals surface area contributed by atoms with Crippen LogP contribution in [0.15, 0.2) is 85.2 Å². The molecule has 0 bridgehead atoms. The van der Waals surface area contributed by atoms with E-state index in [9.17, 15) is 4.79 Å². The van der Waals surface area contributed by atoms with Gasteiger partial charge in [0.15, 0.2) is 0 Å². The zero-order valence-corrected chi connectivity index (χ0v) is 22.5. The quantitative estimate of drug-likeness (QED) is 0.267. The van der Waals surface area contributed by atoms with Crippen LogP contribution in [0, 0.1) is 0 Å². The molecule has 194 valence electrons. The third-order valence-corrected chi connectivity index (χ3v) is 7.52. The molecule has 0 saturated heterocycles. The summed E-state index contributed by atoms with van der Waals surface area (Å²) in [7, 11) is 0. The zero-order chi connectivity index (χ0) is 26.8. The molecule has 0 radical (unpaired) electrons. The molecule has 4 aromatic rings. The summed E-state index contributed by atoms with van der Waals surface area (Å²) in [6, 6.07) is 24.4. The van der Waals surface area contributed by atoms with Crippen LogP contribution in [0.5, 0.6) is 0 Å². The average molecular weight is 506 g/mol. The Morgan fingerprint density at radius 3 is 2.42 bits per heavy atom. The van der Waals surface area contributed by atoms with E-state index in [1.807, 2.05) is 23.0 Å². The maximum absolute atomic E-state index is 11.0. The summed E-state index contributed by atoms with van der Waals surface area (Å²) in [6.45, 7) is 9.70. The van der Waals surface area contributed by atoms with Gasteiger partial charge in [0.1, 0.15) is 0 Å². The fourth-order valence-electron chi connectivity index (χ4n) is 5.47. The summed E-state index contributed by atoms with van der Waals surface area (Å²) >= 11 is 0. The Bertz CT molecular complexity index is 1450. The number of hydrogen-bond donors (Lipinski definition) is 1. The third kappa shape index (κ3) is 5.14. The highest BCUT2D eigenvalue weighted by molar-refractivity contribution is 5.85. The van der Waals surface area contributed by atoms with Gasteiger partial charge in [0.2, 0.25) is 0 Å². The van der Waals surface area contributed by atoms with E-state index in [0.717, 1.165) is 24.1 Å². The molecule has 0 fully saturated rings. The molecule has 5 nitrogen and oxygen atoms in total. The highest BCUT2D eigenvalue weighted by Gasteiger charge is 2.33. The van der Waals surface area contributed by atoms with Gasteiger partial charge in [0, 0.05) is 36.1 Å². The molecular formula is C33H35N3O2. The number of rotatable bonds is 7. The van der Waals surface area contributed by atoms with Gasteiger partial charge in [-0.1, -0.05) is 68.4 Å². The van der Waals surface area contributed by atoms with E-state index >= 15 is 0 Å². The van der Waals surface area contributed by atoms with Gasteiger partial charge in [0.25, 0.3) is 0 Å². The zero-order valence-electron chi connectivity index (χ0n) is 22.5. The van der Waals surface area contributed by atoms with E-state index in [-0.39, 0.29) is 12.1 Å². The standard InChI is InChI=1S/C33H35N3O2/c1-5-35-21-29(20-34-35)27-13-16-31-28(19-27)18-23(4)36(30-14-11-25(12-15-30)22(2)3)33(31)26-9-6-24(7-10-26)8-17-32(37)38/h6-17,19-23,33H,5,18H2,1-4H3,(H,37,38)/b17-8+/t23-,33-/m1/s1. The Kier molecular flexibility index (Phi) is 7.19. The number of anilines is 1. The summed E-state index contributed by atoms with van der Waals surface area (Å²) < 4.78 is 1.96. The van der Waals surface area contributed by atoms with Gasteiger partial charge in [-0.3, -0.25) is 4.68 Å². The molecule has 2 heterocycles. The van der Waals surface area contributed by atoms with Crippen molar-refractivity contribution in [1.29, 1.82) is 0 Å². The monoisotopic (exact) mass is 505 g/mol. The fourth-order valence-corrected chi connectivity index (χ4v) is 5.47. The molecular weight excluding hydrogens is 470 g/mol. The predicted octanol–water partition coefficient (Wildman–Crippen LogP) is 7.33. The first-order valence-electron chi connectivity index (χ1n) is 13.4. The van der Waals surface area contributed by atoms with Crippen LogP contribution >= 0.6 is 0 Å². The predicted molar refractivity (Wildman–Crippen MR) is 154 cm³/mol. The molecule has 1 N–H and O–H groups in total. The Morgan fingerprint density at radius 1 is 1.05 bits per heavy atom. The number of carbonyl (C=O) groups is 1. The van der Waals surface area contributed by atoms with Crippen molar-refractivity contribution in [3.63, 3.8) is 0 Å². The minimum atomic E-state index is -0.944. The summed E-state index contributed by atoms with van der Waals surface area (Å²) in [5.41, 5.74) is 9.59. The number of carboxylic acids is 1. The van der Waals surface area contributed by atoms with Crippen molar-refractivity contribution < 1.29 is 9.90 Å². The lowest BCUT2D eigenvalue weighted by atomic mass is 9.83. The Morgan fingerprint density at radius 2 is 1.79 bits per heavy atom. The van der Waals surface area contributed by atoms with Gasteiger partial charge in [-0.05, 0) is 77.8 Å². The van der Waals surface area contributed by atoms with Crippen molar-refractivity contribution >= 4 is 17.7 Å². The SMILES string of the molecule is CCn1cc(-c2ccc3c(c2)C[C@@H](C)N(c2ccc(C(C)C)cc2)[C@@H]3c2ccc(/C=C/C(=O)O)cc2)cn1. The lowest BCUT2D eigenvalue weighted by Gasteiger charge is -2.44. The molecule has 1 aliphatic rings. The molecule has 5 heteroatoms. The van der Waals surface area contributed by atoms with Crippen molar-refractivity contribution in [3.05, 3.63) is 113 Å². The largest absolute Gasteiger partial charge is 0.478 e. The van der Waals surface area contributed by atoms with E-state index in [2.05, 4.69) is 98.5 Å². The Labute approximate surface area is 225 Å². The second-order valence-electron chi connectivity index (χ2n) is 10.4. The molecule has 3 aromatic carbocycles. The smallest absolute Gasteiger partial charge is 0.328 e. The molecule has 1 aliphatic heterocycles. The fraction of sp³-hybridized carbons (Fsp3) is 0.273. The maximum Gasteiger partial charge on any atom is 0.328 e.